The third kappa shape index (κ3) is 2.41. The Morgan fingerprint density at radius 3 is 2.13 bits per heavy atom. The van der Waals surface area contributed by atoms with E-state index in [9.17, 15) is 35.4 Å². The first-order valence-electron chi connectivity index (χ1n) is 10.9. The van der Waals surface area contributed by atoms with Crippen LogP contribution in [0.1, 0.15) is 60.3 Å². The van der Waals surface area contributed by atoms with Gasteiger partial charge in [-0.05, 0) is 51.4 Å². The molecule has 0 aliphatic heterocycles. The molecule has 8 heteroatoms. The molecule has 4 aliphatic carbocycles. The molecule has 172 valence electrons. The van der Waals surface area contributed by atoms with Crippen LogP contribution in [0, 0.1) is 28.6 Å². The van der Waals surface area contributed by atoms with Crippen molar-refractivity contribution in [3.05, 3.63) is 0 Å². The van der Waals surface area contributed by atoms with Crippen LogP contribution in [0.3, 0.4) is 0 Å². The minimum atomic E-state index is -2.10. The molecular formula is C22H36O8. The van der Waals surface area contributed by atoms with Crippen LogP contribution in [0.2, 0.25) is 0 Å². The fraction of sp³-hybridized carbons (Fsp3) is 0.955. The normalized spacial score (nSPS) is 59.2. The highest BCUT2D eigenvalue weighted by atomic mass is 16.6. The quantitative estimate of drug-likeness (QED) is 0.312. The molecule has 0 heterocycles. The number of fused-ring (bicyclic) bond motifs is 2. The molecule has 0 aromatic rings. The Bertz CT molecular complexity index is 747. The van der Waals surface area contributed by atoms with E-state index < -0.39 is 69.9 Å². The molecule has 0 amide bonds. The Morgan fingerprint density at radius 1 is 0.967 bits per heavy atom. The zero-order valence-electron chi connectivity index (χ0n) is 18.4. The van der Waals surface area contributed by atoms with E-state index in [-0.39, 0.29) is 12.3 Å². The lowest BCUT2D eigenvalue weighted by atomic mass is 9.58. The Morgan fingerprint density at radius 2 is 1.57 bits per heavy atom. The second kappa shape index (κ2) is 6.17. The SMILES string of the molecule is CC(=O)O[C@@H]1[C@@H](O)[C@@]23C[C@@H](CC[C@H]2[C@@](C)(O)[C@@H]2[C@@H](O)[C@H](O)C(C)(C)[C@@]12O)[C@](C)(O)C3. The van der Waals surface area contributed by atoms with Gasteiger partial charge in [-0.3, -0.25) is 4.79 Å². The summed E-state index contributed by atoms with van der Waals surface area (Å²) in [6.45, 7) is 7.51. The molecule has 2 bridgehead atoms. The van der Waals surface area contributed by atoms with Gasteiger partial charge in [-0.1, -0.05) is 13.8 Å². The van der Waals surface area contributed by atoms with Gasteiger partial charge in [0.05, 0.1) is 29.5 Å². The van der Waals surface area contributed by atoms with E-state index in [2.05, 4.69) is 0 Å². The smallest absolute Gasteiger partial charge is 0.303 e. The Labute approximate surface area is 176 Å². The molecule has 4 rings (SSSR count). The number of hydrogen-bond donors (Lipinski definition) is 6. The number of carbonyl (C=O) groups is 1. The minimum absolute atomic E-state index is 0.0896. The second-order valence-corrected chi connectivity index (χ2v) is 11.5. The largest absolute Gasteiger partial charge is 0.457 e. The van der Waals surface area contributed by atoms with E-state index in [1.54, 1.807) is 20.8 Å². The van der Waals surface area contributed by atoms with E-state index in [1.807, 2.05) is 0 Å². The van der Waals surface area contributed by atoms with Gasteiger partial charge in [-0.15, -0.1) is 0 Å². The molecule has 8 nitrogen and oxygen atoms in total. The molecule has 6 N–H and O–H groups in total. The first-order chi connectivity index (χ1) is 13.5. The Balaban J connectivity index is 1.99. The van der Waals surface area contributed by atoms with Crippen molar-refractivity contribution in [3.63, 3.8) is 0 Å². The number of hydrogen-bond acceptors (Lipinski definition) is 8. The van der Waals surface area contributed by atoms with Gasteiger partial charge in [0.1, 0.15) is 5.60 Å². The molecule has 4 aliphatic rings. The van der Waals surface area contributed by atoms with E-state index in [1.165, 1.54) is 13.8 Å². The predicted molar refractivity (Wildman–Crippen MR) is 105 cm³/mol. The summed E-state index contributed by atoms with van der Waals surface area (Å²) < 4.78 is 5.53. The lowest BCUT2D eigenvalue weighted by Gasteiger charge is -2.50. The molecule has 4 saturated carbocycles. The van der Waals surface area contributed by atoms with E-state index in [0.29, 0.717) is 19.3 Å². The summed E-state index contributed by atoms with van der Waals surface area (Å²) in [5, 5.41) is 68.6. The van der Waals surface area contributed by atoms with Gasteiger partial charge in [0.2, 0.25) is 0 Å². The highest BCUT2D eigenvalue weighted by molar-refractivity contribution is 5.66. The van der Waals surface area contributed by atoms with E-state index >= 15 is 0 Å². The van der Waals surface area contributed by atoms with Crippen LogP contribution in [-0.2, 0) is 9.53 Å². The average molecular weight is 429 g/mol. The number of aliphatic hydroxyl groups is 6. The number of rotatable bonds is 1. The average Bonchev–Trinajstić information content (AvgIpc) is 2.88. The van der Waals surface area contributed by atoms with Crippen molar-refractivity contribution < 1.29 is 40.2 Å². The molecule has 0 aromatic carbocycles. The third-order valence-electron chi connectivity index (χ3n) is 9.54. The van der Waals surface area contributed by atoms with Crippen LogP contribution in [0.4, 0.5) is 0 Å². The summed E-state index contributed by atoms with van der Waals surface area (Å²) in [5.74, 6) is -2.64. The summed E-state index contributed by atoms with van der Waals surface area (Å²) in [4.78, 5) is 12.0. The topological polar surface area (TPSA) is 148 Å². The van der Waals surface area contributed by atoms with Crippen LogP contribution in [-0.4, -0.2) is 77.8 Å². The summed E-state index contributed by atoms with van der Waals surface area (Å²) in [7, 11) is 0. The van der Waals surface area contributed by atoms with E-state index in [4.69, 9.17) is 4.74 Å². The van der Waals surface area contributed by atoms with Crippen molar-refractivity contribution in [1.82, 2.24) is 0 Å². The van der Waals surface area contributed by atoms with Crippen LogP contribution < -0.4 is 0 Å². The van der Waals surface area contributed by atoms with Gasteiger partial charge in [0, 0.05) is 23.7 Å². The highest BCUT2D eigenvalue weighted by Crippen LogP contribution is 2.70. The molecule has 4 fully saturated rings. The maximum Gasteiger partial charge on any atom is 0.303 e. The van der Waals surface area contributed by atoms with Gasteiger partial charge < -0.3 is 35.4 Å². The maximum atomic E-state index is 12.1. The van der Waals surface area contributed by atoms with Gasteiger partial charge in [-0.2, -0.15) is 0 Å². The van der Waals surface area contributed by atoms with Crippen LogP contribution in [0.5, 0.6) is 0 Å². The molecule has 11 atom stereocenters. The molecule has 0 unspecified atom stereocenters. The Hall–Kier alpha value is -0.770. The number of ether oxygens (including phenoxy) is 1. The van der Waals surface area contributed by atoms with Gasteiger partial charge in [-0.25, -0.2) is 0 Å². The lowest BCUT2D eigenvalue weighted by Crippen LogP contribution is -2.64. The summed E-state index contributed by atoms with van der Waals surface area (Å²) in [5.41, 5.74) is -7.26. The zero-order chi connectivity index (χ0) is 22.7. The van der Waals surface area contributed by atoms with Crippen molar-refractivity contribution in [1.29, 1.82) is 0 Å². The standard InChI is InChI=1S/C22H36O8/c1-10(23)30-17-16(26)21-8-11(19(4,27)9-21)6-7-12(21)20(5,28)14-13(24)15(25)18(2,3)22(14,17)29/h11-17,24-29H,6-9H2,1-5H3/t11-,12+,13-,14+,15+,16-,17-,19-,20-,21-,22+/m1/s1. The fourth-order valence-electron chi connectivity index (χ4n) is 8.13. The summed E-state index contributed by atoms with van der Waals surface area (Å²) in [6.07, 6.45) is -4.04. The summed E-state index contributed by atoms with van der Waals surface area (Å²) in [6, 6.07) is 0. The molecule has 0 radical (unpaired) electrons. The van der Waals surface area contributed by atoms with Gasteiger partial charge in [0.15, 0.2) is 6.10 Å². The van der Waals surface area contributed by atoms with Crippen molar-refractivity contribution in [2.24, 2.45) is 28.6 Å². The molecule has 0 saturated heterocycles. The Kier molecular flexibility index (Phi) is 4.61. The fourth-order valence-corrected chi connectivity index (χ4v) is 8.13. The van der Waals surface area contributed by atoms with Crippen molar-refractivity contribution in [3.8, 4) is 0 Å². The van der Waals surface area contributed by atoms with Crippen LogP contribution in [0.15, 0.2) is 0 Å². The number of aliphatic hydroxyl groups excluding tert-OH is 3. The van der Waals surface area contributed by atoms with Gasteiger partial charge >= 0.3 is 5.97 Å². The molecule has 0 aromatic heterocycles. The number of carbonyl (C=O) groups excluding carboxylic acids is 1. The van der Waals surface area contributed by atoms with Crippen LogP contribution >= 0.6 is 0 Å². The minimum Gasteiger partial charge on any atom is -0.457 e. The van der Waals surface area contributed by atoms with Crippen LogP contribution in [0.25, 0.3) is 0 Å². The predicted octanol–water partition coefficient (Wildman–Crippen LogP) is -0.290. The zero-order valence-corrected chi connectivity index (χ0v) is 18.4. The molecule has 30 heavy (non-hydrogen) atoms. The van der Waals surface area contributed by atoms with E-state index in [0.717, 1.165) is 0 Å². The maximum absolute atomic E-state index is 12.1. The monoisotopic (exact) mass is 428 g/mol. The van der Waals surface area contributed by atoms with Gasteiger partial charge in [0.25, 0.3) is 0 Å². The number of esters is 1. The lowest BCUT2D eigenvalue weighted by molar-refractivity contribution is -0.232. The molecular weight excluding hydrogens is 392 g/mol. The highest BCUT2D eigenvalue weighted by Gasteiger charge is 2.80. The summed E-state index contributed by atoms with van der Waals surface area (Å²) >= 11 is 0. The van der Waals surface area contributed by atoms with Crippen molar-refractivity contribution in [2.45, 2.75) is 102 Å². The first-order valence-corrected chi connectivity index (χ1v) is 10.9. The second-order valence-electron chi connectivity index (χ2n) is 11.5. The van der Waals surface area contributed by atoms with Crippen molar-refractivity contribution in [2.75, 3.05) is 0 Å². The first kappa shape index (κ1) is 22.4. The third-order valence-corrected chi connectivity index (χ3v) is 9.54. The van der Waals surface area contributed by atoms with Crippen molar-refractivity contribution >= 4 is 5.97 Å². The molecule has 1 spiro atoms.